The summed E-state index contributed by atoms with van der Waals surface area (Å²) >= 11 is 0. The van der Waals surface area contributed by atoms with Crippen LogP contribution in [-0.2, 0) is 9.84 Å². The van der Waals surface area contributed by atoms with Gasteiger partial charge >= 0.3 is 5.69 Å². The first kappa shape index (κ1) is 22.5. The van der Waals surface area contributed by atoms with Gasteiger partial charge in [-0.3, -0.25) is 13.9 Å². The Morgan fingerprint density at radius 1 is 1.09 bits per heavy atom. The van der Waals surface area contributed by atoms with E-state index in [1.165, 1.54) is 0 Å². The maximum atomic E-state index is 13.5. The molecule has 1 fully saturated rings. The molecule has 2 heterocycles. The van der Waals surface area contributed by atoms with E-state index in [1.807, 2.05) is 58.9 Å². The second kappa shape index (κ2) is 7.73. The van der Waals surface area contributed by atoms with E-state index in [4.69, 9.17) is 0 Å². The molecule has 2 aromatic carbocycles. The summed E-state index contributed by atoms with van der Waals surface area (Å²) in [5.74, 6) is 0.100. The Balaban J connectivity index is 1.83. The summed E-state index contributed by atoms with van der Waals surface area (Å²) < 4.78 is 27.3. The minimum atomic E-state index is -3.08. The highest BCUT2D eigenvalue weighted by Gasteiger charge is 2.40. The van der Waals surface area contributed by atoms with Crippen molar-refractivity contribution in [2.45, 2.75) is 53.5 Å². The van der Waals surface area contributed by atoms with Crippen molar-refractivity contribution in [1.29, 1.82) is 0 Å². The van der Waals surface area contributed by atoms with Crippen molar-refractivity contribution in [3.05, 3.63) is 63.6 Å². The first-order valence-electron chi connectivity index (χ1n) is 11.0. The van der Waals surface area contributed by atoms with Crippen LogP contribution in [0.25, 0.3) is 16.7 Å². The topological polar surface area (TPSA) is 78.1 Å². The third-order valence-corrected chi connectivity index (χ3v) is 8.45. The molecule has 170 valence electrons. The fourth-order valence-electron chi connectivity index (χ4n) is 4.79. The van der Waals surface area contributed by atoms with E-state index in [0.29, 0.717) is 17.5 Å². The van der Waals surface area contributed by atoms with Crippen LogP contribution < -0.4 is 5.69 Å². The summed E-state index contributed by atoms with van der Waals surface area (Å²) in [4.78, 5) is 26.6. The summed E-state index contributed by atoms with van der Waals surface area (Å²) in [7, 11) is -3.08. The molecule has 0 N–H and O–H groups in total. The summed E-state index contributed by atoms with van der Waals surface area (Å²) in [5.41, 5.74) is 4.20. The zero-order valence-electron chi connectivity index (χ0n) is 19.3. The van der Waals surface area contributed by atoms with E-state index in [1.54, 1.807) is 21.3 Å². The van der Waals surface area contributed by atoms with Gasteiger partial charge in [0, 0.05) is 18.0 Å². The molecule has 1 aliphatic heterocycles. The number of hydrogen-bond donors (Lipinski definition) is 0. The third kappa shape index (κ3) is 3.94. The second-order valence-electron chi connectivity index (χ2n) is 9.83. The lowest BCUT2D eigenvalue weighted by molar-refractivity contribution is 0.0934. The molecule has 0 saturated carbocycles. The van der Waals surface area contributed by atoms with Gasteiger partial charge in [0.25, 0.3) is 0 Å². The predicted molar refractivity (Wildman–Crippen MR) is 128 cm³/mol. The third-order valence-electron chi connectivity index (χ3n) is 6.49. The number of carbonyl (C=O) groups is 1. The van der Waals surface area contributed by atoms with Crippen molar-refractivity contribution in [3.8, 4) is 5.69 Å². The summed E-state index contributed by atoms with van der Waals surface area (Å²) in [6, 6.07) is 11.3. The fourth-order valence-corrected chi connectivity index (χ4v) is 7.05. The Morgan fingerprint density at radius 3 is 2.44 bits per heavy atom. The number of Topliss-reactive ketones (excluding diaryl/α,β-unsaturated/α-hetero) is 1. The number of aromatic nitrogens is 2. The Kier molecular flexibility index (Phi) is 5.44. The van der Waals surface area contributed by atoms with Gasteiger partial charge in [-0.05, 0) is 74.9 Å². The summed E-state index contributed by atoms with van der Waals surface area (Å²) in [5, 5.41) is 0. The SMILES string of the molecule is Cc1ccc(C)c(-n2c(=O)n(C(C)C)c3cc(C(=O)C[C@]4(C)CCS(=O)(=O)C4)ccc32)c1. The number of sulfone groups is 1. The van der Waals surface area contributed by atoms with Crippen LogP contribution in [0.2, 0.25) is 0 Å². The molecular formula is C25H30N2O4S. The lowest BCUT2D eigenvalue weighted by atomic mass is 9.83. The van der Waals surface area contributed by atoms with Gasteiger partial charge in [0.05, 0.1) is 28.2 Å². The largest absolute Gasteiger partial charge is 0.333 e. The quantitative estimate of drug-likeness (QED) is 0.536. The first-order valence-corrected chi connectivity index (χ1v) is 12.8. The second-order valence-corrected chi connectivity index (χ2v) is 12.0. The first-order chi connectivity index (χ1) is 14.9. The molecule has 0 aliphatic carbocycles. The number of imidazole rings is 1. The summed E-state index contributed by atoms with van der Waals surface area (Å²) in [6.07, 6.45) is 0.685. The van der Waals surface area contributed by atoms with Crippen molar-refractivity contribution in [3.63, 3.8) is 0 Å². The van der Waals surface area contributed by atoms with Crippen LogP contribution in [0.3, 0.4) is 0 Å². The maximum absolute atomic E-state index is 13.5. The Bertz CT molecular complexity index is 1400. The molecule has 0 unspecified atom stereocenters. The molecule has 1 saturated heterocycles. The van der Waals surface area contributed by atoms with Crippen LogP contribution in [-0.4, -0.2) is 34.8 Å². The molecule has 1 atom stereocenters. The number of nitrogens with zero attached hydrogens (tertiary/aromatic N) is 2. The van der Waals surface area contributed by atoms with Gasteiger partial charge in [0.2, 0.25) is 0 Å². The number of ketones is 1. The van der Waals surface area contributed by atoms with Crippen molar-refractivity contribution < 1.29 is 13.2 Å². The van der Waals surface area contributed by atoms with Crippen molar-refractivity contribution in [2.24, 2.45) is 5.41 Å². The summed E-state index contributed by atoms with van der Waals surface area (Å²) in [6.45, 7) is 9.75. The number of rotatable bonds is 5. The number of fused-ring (bicyclic) bond motifs is 1. The molecule has 1 aliphatic rings. The molecule has 0 amide bonds. The van der Waals surface area contributed by atoms with Gasteiger partial charge in [0.15, 0.2) is 15.6 Å². The van der Waals surface area contributed by atoms with Gasteiger partial charge in [-0.15, -0.1) is 0 Å². The molecule has 32 heavy (non-hydrogen) atoms. The smallest absolute Gasteiger partial charge is 0.294 e. The average Bonchev–Trinajstić information content (AvgIpc) is 3.14. The monoisotopic (exact) mass is 454 g/mol. The zero-order valence-corrected chi connectivity index (χ0v) is 20.1. The molecular weight excluding hydrogens is 424 g/mol. The number of aryl methyl sites for hydroxylation is 2. The van der Waals surface area contributed by atoms with Crippen LogP contribution in [0.5, 0.6) is 0 Å². The van der Waals surface area contributed by atoms with Gasteiger partial charge in [-0.2, -0.15) is 0 Å². The van der Waals surface area contributed by atoms with E-state index in [0.717, 1.165) is 22.3 Å². The molecule has 7 heteroatoms. The highest BCUT2D eigenvalue weighted by atomic mass is 32.2. The Hall–Kier alpha value is -2.67. The lowest BCUT2D eigenvalue weighted by Gasteiger charge is -2.20. The Morgan fingerprint density at radius 2 is 1.81 bits per heavy atom. The molecule has 0 bridgehead atoms. The molecule has 4 rings (SSSR count). The van der Waals surface area contributed by atoms with E-state index in [-0.39, 0.29) is 35.4 Å². The van der Waals surface area contributed by atoms with Crippen LogP contribution in [0, 0.1) is 19.3 Å². The van der Waals surface area contributed by atoms with Gasteiger partial charge in [-0.25, -0.2) is 13.2 Å². The number of hydrogen-bond acceptors (Lipinski definition) is 4. The van der Waals surface area contributed by atoms with Crippen LogP contribution in [0.4, 0.5) is 0 Å². The van der Waals surface area contributed by atoms with Crippen molar-refractivity contribution >= 4 is 26.7 Å². The van der Waals surface area contributed by atoms with E-state index in [2.05, 4.69) is 0 Å². The van der Waals surface area contributed by atoms with E-state index >= 15 is 0 Å². The minimum absolute atomic E-state index is 0.0493. The van der Waals surface area contributed by atoms with Crippen molar-refractivity contribution in [2.75, 3.05) is 11.5 Å². The Labute approximate surface area is 188 Å². The molecule has 6 nitrogen and oxygen atoms in total. The van der Waals surface area contributed by atoms with Crippen LogP contribution >= 0.6 is 0 Å². The van der Waals surface area contributed by atoms with Crippen LogP contribution in [0.15, 0.2) is 41.2 Å². The average molecular weight is 455 g/mol. The minimum Gasteiger partial charge on any atom is -0.294 e. The molecule has 3 aromatic rings. The molecule has 0 spiro atoms. The predicted octanol–water partition coefficient (Wildman–Crippen LogP) is 4.39. The number of carbonyl (C=O) groups excluding carboxylic acids is 1. The lowest BCUT2D eigenvalue weighted by Crippen LogP contribution is -2.25. The van der Waals surface area contributed by atoms with Gasteiger partial charge < -0.3 is 0 Å². The van der Waals surface area contributed by atoms with E-state index < -0.39 is 15.3 Å². The fraction of sp³-hybridized carbons (Fsp3) is 0.440. The van der Waals surface area contributed by atoms with E-state index in [9.17, 15) is 18.0 Å². The standard InChI is InChI=1S/C25H30N2O4S/c1-16(2)26-22-13-19(23(28)14-25(5)10-11-32(30,31)15-25)8-9-20(22)27(24(26)29)21-12-17(3)6-7-18(21)4/h6-9,12-13,16H,10-11,14-15H2,1-5H3/t25-/m0/s1. The van der Waals surface area contributed by atoms with Gasteiger partial charge in [-0.1, -0.05) is 19.1 Å². The number of benzene rings is 2. The zero-order chi connectivity index (χ0) is 23.4. The normalized spacial score (nSPS) is 20.3. The highest BCUT2D eigenvalue weighted by molar-refractivity contribution is 7.91. The molecule has 0 radical (unpaired) electrons. The highest BCUT2D eigenvalue weighted by Crippen LogP contribution is 2.36. The maximum Gasteiger partial charge on any atom is 0.333 e. The van der Waals surface area contributed by atoms with Crippen LogP contribution in [0.1, 0.15) is 61.1 Å². The molecule has 1 aromatic heterocycles. The van der Waals surface area contributed by atoms with Gasteiger partial charge in [0.1, 0.15) is 0 Å². The van der Waals surface area contributed by atoms with Crippen molar-refractivity contribution in [1.82, 2.24) is 9.13 Å².